The molecule has 2 nitrogen and oxygen atoms in total. The lowest BCUT2D eigenvalue weighted by Gasteiger charge is -2.30. The van der Waals surface area contributed by atoms with Crippen molar-refractivity contribution in [2.24, 2.45) is 0 Å². The van der Waals surface area contributed by atoms with Crippen LogP contribution in [0.25, 0.3) is 0 Å². The molecule has 0 bridgehead atoms. The number of unbranched alkanes of at least 4 members (excludes halogenated alkanes) is 3. The van der Waals surface area contributed by atoms with Crippen molar-refractivity contribution in [2.75, 3.05) is 18.5 Å². The molecule has 1 fully saturated rings. The van der Waals surface area contributed by atoms with Crippen molar-refractivity contribution in [1.29, 1.82) is 0 Å². The summed E-state index contributed by atoms with van der Waals surface area (Å²) in [6, 6.07) is 0. The maximum atomic E-state index is 5.69. The van der Waals surface area contributed by atoms with Gasteiger partial charge in [-0.3, -0.25) is 0 Å². The molecule has 0 aromatic carbocycles. The zero-order valence-corrected chi connectivity index (χ0v) is 12.5. The van der Waals surface area contributed by atoms with Crippen molar-refractivity contribution >= 4 is 31.9 Å². The molecule has 90 valence electrons. The summed E-state index contributed by atoms with van der Waals surface area (Å²) in [5, 5.41) is 0.740. The van der Waals surface area contributed by atoms with Crippen molar-refractivity contribution in [3.8, 4) is 0 Å². The molecule has 1 unspecified atom stereocenters. The summed E-state index contributed by atoms with van der Waals surface area (Å²) >= 11 is 7.17. The Kier molecular flexibility index (Phi) is 6.74. The summed E-state index contributed by atoms with van der Waals surface area (Å²) in [5.74, 6) is -0.424. The number of rotatable bonds is 7. The molecule has 0 N–H and O–H groups in total. The Morgan fingerprint density at radius 2 is 1.87 bits per heavy atom. The Balaban J connectivity index is 2.27. The highest BCUT2D eigenvalue weighted by atomic mass is 79.9. The number of halogens is 2. The van der Waals surface area contributed by atoms with E-state index in [4.69, 9.17) is 9.47 Å². The summed E-state index contributed by atoms with van der Waals surface area (Å²) in [7, 11) is 0. The van der Waals surface area contributed by atoms with E-state index in [1.54, 1.807) is 0 Å². The van der Waals surface area contributed by atoms with E-state index < -0.39 is 5.79 Å². The smallest absolute Gasteiger partial charge is 0.190 e. The summed E-state index contributed by atoms with van der Waals surface area (Å²) in [5.41, 5.74) is 0. The number of alkyl halides is 2. The van der Waals surface area contributed by atoms with Gasteiger partial charge in [0.2, 0.25) is 0 Å². The van der Waals surface area contributed by atoms with Crippen molar-refractivity contribution in [1.82, 2.24) is 0 Å². The lowest BCUT2D eigenvalue weighted by atomic mass is 10.1. The van der Waals surface area contributed by atoms with E-state index in [2.05, 4.69) is 38.8 Å². The molecule has 1 heterocycles. The Hall–Kier alpha value is 0.880. The number of hydrogen-bond donors (Lipinski definition) is 0. The average Bonchev–Trinajstić information content (AvgIpc) is 2.74. The highest BCUT2D eigenvalue weighted by molar-refractivity contribution is 9.10. The fraction of sp³-hybridized carbons (Fsp3) is 1.00. The minimum atomic E-state index is -0.424. The molecule has 0 amide bonds. The van der Waals surface area contributed by atoms with E-state index >= 15 is 0 Å². The summed E-state index contributed by atoms with van der Waals surface area (Å²) < 4.78 is 11.4. The second kappa shape index (κ2) is 7.25. The van der Waals surface area contributed by atoms with Gasteiger partial charge in [-0.25, -0.2) is 0 Å². The third kappa shape index (κ3) is 3.99. The Morgan fingerprint density at radius 3 is 2.40 bits per heavy atom. The van der Waals surface area contributed by atoms with Crippen LogP contribution in [-0.4, -0.2) is 29.2 Å². The van der Waals surface area contributed by atoms with E-state index in [0.717, 1.165) is 11.8 Å². The average molecular weight is 344 g/mol. The standard InChI is InChI=1S/C11H20Br2O2/c1-2-3-4-5-6-10(13)11(9-12)14-7-8-15-11/h10H,2-9H2,1H3. The van der Waals surface area contributed by atoms with Crippen LogP contribution in [-0.2, 0) is 9.47 Å². The topological polar surface area (TPSA) is 18.5 Å². The predicted octanol–water partition coefficient (Wildman–Crippen LogP) is 3.86. The Labute approximate surface area is 109 Å². The molecule has 1 aliphatic rings. The Morgan fingerprint density at radius 1 is 1.20 bits per heavy atom. The van der Waals surface area contributed by atoms with Crippen LogP contribution in [0.15, 0.2) is 0 Å². The molecule has 1 saturated heterocycles. The van der Waals surface area contributed by atoms with Gasteiger partial charge in [0.15, 0.2) is 5.79 Å². The van der Waals surface area contributed by atoms with E-state index in [-0.39, 0.29) is 0 Å². The normalized spacial score (nSPS) is 21.8. The van der Waals surface area contributed by atoms with Crippen LogP contribution in [0, 0.1) is 0 Å². The van der Waals surface area contributed by atoms with Gasteiger partial charge in [-0.1, -0.05) is 64.5 Å². The van der Waals surface area contributed by atoms with Gasteiger partial charge in [0.1, 0.15) is 0 Å². The molecule has 15 heavy (non-hydrogen) atoms. The van der Waals surface area contributed by atoms with Gasteiger partial charge in [-0.05, 0) is 6.42 Å². The molecule has 4 heteroatoms. The third-order valence-electron chi connectivity index (χ3n) is 2.75. The molecule has 0 saturated carbocycles. The van der Waals surface area contributed by atoms with Crippen LogP contribution in [0.5, 0.6) is 0 Å². The van der Waals surface area contributed by atoms with Crippen molar-refractivity contribution in [2.45, 2.75) is 49.6 Å². The SMILES string of the molecule is CCCCCCC(Br)C1(CBr)OCCO1. The van der Waals surface area contributed by atoms with Crippen molar-refractivity contribution in [3.05, 3.63) is 0 Å². The van der Waals surface area contributed by atoms with E-state index in [1.165, 1.54) is 25.7 Å². The molecule has 0 aliphatic carbocycles. The first-order valence-corrected chi connectivity index (χ1v) is 7.77. The van der Waals surface area contributed by atoms with Gasteiger partial charge in [0.05, 0.1) is 23.4 Å². The molecule has 0 aromatic heterocycles. The van der Waals surface area contributed by atoms with Crippen molar-refractivity contribution in [3.63, 3.8) is 0 Å². The molecule has 1 aliphatic heterocycles. The minimum Gasteiger partial charge on any atom is -0.346 e. The fourth-order valence-electron chi connectivity index (χ4n) is 1.78. The number of ether oxygens (including phenoxy) is 2. The lowest BCUT2D eigenvalue weighted by Crippen LogP contribution is -2.41. The van der Waals surface area contributed by atoms with Gasteiger partial charge >= 0.3 is 0 Å². The Bertz CT molecular complexity index is 170. The van der Waals surface area contributed by atoms with E-state index in [0.29, 0.717) is 18.0 Å². The van der Waals surface area contributed by atoms with E-state index in [9.17, 15) is 0 Å². The van der Waals surface area contributed by atoms with Crippen LogP contribution in [0.2, 0.25) is 0 Å². The van der Waals surface area contributed by atoms with Crippen LogP contribution in [0.4, 0.5) is 0 Å². The van der Waals surface area contributed by atoms with Crippen LogP contribution in [0.1, 0.15) is 39.0 Å². The second-order valence-corrected chi connectivity index (χ2v) is 5.63. The van der Waals surface area contributed by atoms with Gasteiger partial charge in [-0.2, -0.15) is 0 Å². The highest BCUT2D eigenvalue weighted by Crippen LogP contribution is 2.33. The first-order valence-electron chi connectivity index (χ1n) is 5.73. The molecule has 0 aromatic rings. The van der Waals surface area contributed by atoms with Crippen LogP contribution in [0.3, 0.4) is 0 Å². The first-order chi connectivity index (χ1) is 7.25. The molecule has 1 atom stereocenters. The zero-order chi connectivity index (χ0) is 11.1. The van der Waals surface area contributed by atoms with Gasteiger partial charge < -0.3 is 9.47 Å². The maximum absolute atomic E-state index is 5.69. The fourth-order valence-corrected chi connectivity index (χ4v) is 3.68. The maximum Gasteiger partial charge on any atom is 0.190 e. The van der Waals surface area contributed by atoms with E-state index in [1.807, 2.05) is 0 Å². The monoisotopic (exact) mass is 342 g/mol. The molecular weight excluding hydrogens is 324 g/mol. The third-order valence-corrected chi connectivity index (χ3v) is 4.69. The minimum absolute atomic E-state index is 0.295. The highest BCUT2D eigenvalue weighted by Gasteiger charge is 2.41. The molecule has 1 rings (SSSR count). The predicted molar refractivity (Wildman–Crippen MR) is 69.9 cm³/mol. The van der Waals surface area contributed by atoms with Gasteiger partial charge in [-0.15, -0.1) is 0 Å². The summed E-state index contributed by atoms with van der Waals surface area (Å²) in [6.07, 6.45) is 6.26. The van der Waals surface area contributed by atoms with Crippen LogP contribution < -0.4 is 0 Å². The van der Waals surface area contributed by atoms with Crippen LogP contribution >= 0.6 is 31.9 Å². The quantitative estimate of drug-likeness (QED) is 0.516. The zero-order valence-electron chi connectivity index (χ0n) is 9.31. The van der Waals surface area contributed by atoms with Gasteiger partial charge in [0, 0.05) is 0 Å². The van der Waals surface area contributed by atoms with Crippen molar-refractivity contribution < 1.29 is 9.47 Å². The molecular formula is C11H20Br2O2. The summed E-state index contributed by atoms with van der Waals surface area (Å²) in [6.45, 7) is 3.65. The molecule has 0 radical (unpaired) electrons. The summed E-state index contributed by atoms with van der Waals surface area (Å²) in [4.78, 5) is 0.295. The molecule has 0 spiro atoms. The van der Waals surface area contributed by atoms with Gasteiger partial charge in [0.25, 0.3) is 0 Å². The number of hydrogen-bond acceptors (Lipinski definition) is 2. The second-order valence-electron chi connectivity index (χ2n) is 3.96. The lowest BCUT2D eigenvalue weighted by molar-refractivity contribution is -0.136. The largest absolute Gasteiger partial charge is 0.346 e. The first kappa shape index (κ1) is 13.9.